The van der Waals surface area contributed by atoms with Gasteiger partial charge in [-0.2, -0.15) is 4.31 Å². The Hall–Kier alpha value is -1.18. The highest BCUT2D eigenvalue weighted by atomic mass is 35.5. The molecule has 0 N–H and O–H groups in total. The summed E-state index contributed by atoms with van der Waals surface area (Å²) in [6.07, 6.45) is 2.49. The molecule has 2 heterocycles. The van der Waals surface area contributed by atoms with Crippen LogP contribution in [0.25, 0.3) is 0 Å². The third-order valence-electron chi connectivity index (χ3n) is 3.59. The molecular weight excluding hydrogens is 314 g/mol. The van der Waals surface area contributed by atoms with Crippen molar-refractivity contribution in [2.24, 2.45) is 5.92 Å². The van der Waals surface area contributed by atoms with Crippen LogP contribution in [0.1, 0.15) is 12.8 Å². The van der Waals surface area contributed by atoms with E-state index in [1.165, 1.54) is 16.6 Å². The van der Waals surface area contributed by atoms with Gasteiger partial charge >= 0.3 is 0 Å². The number of carbonyl (C=O) groups is 1. The molecule has 0 aromatic carbocycles. The average Bonchev–Trinajstić information content (AvgIpc) is 2.46. The smallest absolute Gasteiger partial charge is 0.246 e. The molecule has 0 bridgehead atoms. The highest BCUT2D eigenvalue weighted by Gasteiger charge is 2.33. The van der Waals surface area contributed by atoms with Crippen molar-refractivity contribution in [3.8, 4) is 0 Å². The summed E-state index contributed by atoms with van der Waals surface area (Å²) in [4.78, 5) is 17.3. The minimum atomic E-state index is -3.65. The summed E-state index contributed by atoms with van der Waals surface area (Å²) in [5.74, 6) is -0.0673. The van der Waals surface area contributed by atoms with Gasteiger partial charge in [0.25, 0.3) is 0 Å². The molecule has 0 spiro atoms. The van der Waals surface area contributed by atoms with Crippen molar-refractivity contribution in [1.82, 2.24) is 14.2 Å². The van der Waals surface area contributed by atoms with E-state index in [0.717, 1.165) is 0 Å². The van der Waals surface area contributed by atoms with E-state index < -0.39 is 10.0 Å². The summed E-state index contributed by atoms with van der Waals surface area (Å²) in [5, 5.41) is -0.0241. The van der Waals surface area contributed by atoms with Gasteiger partial charge in [-0.25, -0.2) is 13.4 Å². The maximum atomic E-state index is 12.5. The molecular formula is C13H18ClN3O3S. The number of carbonyl (C=O) groups excluding carboxylic acids is 1. The van der Waals surface area contributed by atoms with Gasteiger partial charge < -0.3 is 4.90 Å². The largest absolute Gasteiger partial charge is 0.349 e. The molecule has 0 aliphatic carbocycles. The molecule has 0 atom stereocenters. The molecule has 0 saturated carbocycles. The maximum Gasteiger partial charge on any atom is 0.246 e. The summed E-state index contributed by atoms with van der Waals surface area (Å²) >= 11 is 5.87. The van der Waals surface area contributed by atoms with E-state index in [9.17, 15) is 13.2 Å². The molecule has 6 nitrogen and oxygen atoms in total. The molecule has 116 valence electrons. The molecule has 2 rings (SSSR count). The zero-order chi connectivity index (χ0) is 15.6. The van der Waals surface area contributed by atoms with Crippen molar-refractivity contribution in [2.45, 2.75) is 17.7 Å². The van der Waals surface area contributed by atoms with E-state index in [4.69, 9.17) is 11.6 Å². The van der Waals surface area contributed by atoms with E-state index in [1.807, 2.05) is 0 Å². The third-order valence-corrected chi connectivity index (χ3v) is 5.93. The number of hydrogen-bond acceptors (Lipinski definition) is 4. The molecule has 0 unspecified atom stereocenters. The van der Waals surface area contributed by atoms with Crippen molar-refractivity contribution in [2.75, 3.05) is 27.2 Å². The number of rotatable bonds is 3. The lowest BCUT2D eigenvalue weighted by Gasteiger charge is -2.31. The number of pyridine rings is 1. The van der Waals surface area contributed by atoms with E-state index >= 15 is 0 Å². The number of hydrogen-bond donors (Lipinski definition) is 0. The zero-order valence-corrected chi connectivity index (χ0v) is 13.6. The summed E-state index contributed by atoms with van der Waals surface area (Å²) in [5.41, 5.74) is 0. The molecule has 1 aliphatic rings. The lowest BCUT2D eigenvalue weighted by atomic mass is 9.97. The Morgan fingerprint density at radius 2 is 2.00 bits per heavy atom. The second kappa shape index (κ2) is 6.29. The van der Waals surface area contributed by atoms with Crippen LogP contribution in [0.3, 0.4) is 0 Å². The molecule has 1 fully saturated rings. The fourth-order valence-corrected chi connectivity index (χ4v) is 4.31. The molecule has 0 radical (unpaired) electrons. The third kappa shape index (κ3) is 3.36. The number of amides is 1. The van der Waals surface area contributed by atoms with Crippen LogP contribution in [-0.2, 0) is 14.8 Å². The average molecular weight is 332 g/mol. The Kier molecular flexibility index (Phi) is 4.85. The van der Waals surface area contributed by atoms with E-state index in [-0.39, 0.29) is 21.9 Å². The Balaban J connectivity index is 2.12. The molecule has 1 aliphatic heterocycles. The molecule has 1 aromatic rings. The first-order valence-electron chi connectivity index (χ1n) is 6.66. The van der Waals surface area contributed by atoms with Gasteiger partial charge in [-0.05, 0) is 25.0 Å². The Bertz CT molecular complexity index is 625. The number of piperidine rings is 1. The SMILES string of the molecule is CN(C)C(=O)C1CCN(S(=O)(=O)c2cccnc2Cl)CC1. The van der Waals surface area contributed by atoms with Crippen molar-refractivity contribution in [3.05, 3.63) is 23.5 Å². The van der Waals surface area contributed by atoms with Crippen molar-refractivity contribution in [1.29, 1.82) is 0 Å². The van der Waals surface area contributed by atoms with Gasteiger partial charge in [0.2, 0.25) is 15.9 Å². The minimum Gasteiger partial charge on any atom is -0.349 e. The van der Waals surface area contributed by atoms with Crippen LogP contribution in [0.5, 0.6) is 0 Å². The maximum absolute atomic E-state index is 12.5. The fourth-order valence-electron chi connectivity index (χ4n) is 2.41. The van der Waals surface area contributed by atoms with Gasteiger partial charge in [0.15, 0.2) is 0 Å². The Labute approximate surface area is 129 Å². The predicted octanol–water partition coefficient (Wildman–Crippen LogP) is 1.22. The highest BCUT2D eigenvalue weighted by molar-refractivity contribution is 7.89. The summed E-state index contributed by atoms with van der Waals surface area (Å²) < 4.78 is 26.4. The second-order valence-corrected chi connectivity index (χ2v) is 7.47. The highest BCUT2D eigenvalue weighted by Crippen LogP contribution is 2.27. The van der Waals surface area contributed by atoms with Crippen molar-refractivity contribution >= 4 is 27.5 Å². The van der Waals surface area contributed by atoms with Gasteiger partial charge in [-0.3, -0.25) is 4.79 Å². The normalized spacial score (nSPS) is 17.7. The van der Waals surface area contributed by atoms with Gasteiger partial charge in [0.05, 0.1) is 0 Å². The second-order valence-electron chi connectivity index (χ2n) is 5.20. The lowest BCUT2D eigenvalue weighted by Crippen LogP contribution is -2.42. The van der Waals surface area contributed by atoms with Gasteiger partial charge in [-0.1, -0.05) is 11.6 Å². The van der Waals surface area contributed by atoms with Crippen LogP contribution in [0.4, 0.5) is 0 Å². The van der Waals surface area contributed by atoms with E-state index in [2.05, 4.69) is 4.98 Å². The predicted molar refractivity (Wildman–Crippen MR) is 79.4 cm³/mol. The summed E-state index contributed by atoms with van der Waals surface area (Å²) in [7, 11) is -0.230. The van der Waals surface area contributed by atoms with Crippen LogP contribution >= 0.6 is 11.6 Å². The molecule has 1 saturated heterocycles. The first-order valence-corrected chi connectivity index (χ1v) is 8.47. The Morgan fingerprint density at radius 3 is 2.52 bits per heavy atom. The fraction of sp³-hybridized carbons (Fsp3) is 0.538. The van der Waals surface area contributed by atoms with Gasteiger partial charge in [0, 0.05) is 39.3 Å². The monoisotopic (exact) mass is 331 g/mol. The lowest BCUT2D eigenvalue weighted by molar-refractivity contribution is -0.134. The summed E-state index contributed by atoms with van der Waals surface area (Å²) in [6.45, 7) is 0.635. The molecule has 1 aromatic heterocycles. The number of aromatic nitrogens is 1. The van der Waals surface area contributed by atoms with Gasteiger partial charge in [-0.15, -0.1) is 0 Å². The first kappa shape index (κ1) is 16.2. The van der Waals surface area contributed by atoms with Crippen molar-refractivity contribution in [3.63, 3.8) is 0 Å². The van der Waals surface area contributed by atoms with E-state index in [1.54, 1.807) is 25.1 Å². The van der Waals surface area contributed by atoms with Crippen LogP contribution in [0.15, 0.2) is 23.2 Å². The summed E-state index contributed by atoms with van der Waals surface area (Å²) in [6, 6.07) is 2.99. The van der Waals surface area contributed by atoms with Crippen LogP contribution in [0.2, 0.25) is 5.15 Å². The number of halogens is 1. The molecule has 21 heavy (non-hydrogen) atoms. The Morgan fingerprint density at radius 1 is 1.38 bits per heavy atom. The number of nitrogens with zero attached hydrogens (tertiary/aromatic N) is 3. The van der Waals surface area contributed by atoms with Crippen LogP contribution in [-0.4, -0.2) is 55.7 Å². The van der Waals surface area contributed by atoms with Gasteiger partial charge in [0.1, 0.15) is 10.0 Å². The van der Waals surface area contributed by atoms with E-state index in [0.29, 0.717) is 25.9 Å². The first-order chi connectivity index (χ1) is 9.84. The topological polar surface area (TPSA) is 70.6 Å². The molecule has 1 amide bonds. The quantitative estimate of drug-likeness (QED) is 0.781. The zero-order valence-electron chi connectivity index (χ0n) is 12.0. The minimum absolute atomic E-state index is 0.0176. The van der Waals surface area contributed by atoms with Crippen LogP contribution < -0.4 is 0 Å². The molecule has 8 heteroatoms. The standard InChI is InChI=1S/C13H18ClN3O3S/c1-16(2)13(18)10-5-8-17(9-6-10)21(19,20)11-4-3-7-15-12(11)14/h3-4,7,10H,5-6,8-9H2,1-2H3. The number of sulfonamides is 1. The van der Waals surface area contributed by atoms with Crippen molar-refractivity contribution < 1.29 is 13.2 Å². The van der Waals surface area contributed by atoms with Crippen LogP contribution in [0, 0.1) is 5.92 Å².